The number of aliphatic hydroxyl groups is 1. The van der Waals surface area contributed by atoms with E-state index in [2.05, 4.69) is 5.10 Å². The average Bonchev–Trinajstić information content (AvgIpc) is 3.40. The molecule has 0 saturated carbocycles. The Kier molecular flexibility index (Phi) is 6.02. The number of nitrogens with zero attached hydrogens (tertiary/aromatic N) is 2. The molecule has 7 heteroatoms. The van der Waals surface area contributed by atoms with Crippen molar-refractivity contribution in [3.05, 3.63) is 89.1 Å². The number of hydrogen-bond acceptors (Lipinski definition) is 4. The highest BCUT2D eigenvalue weighted by Crippen LogP contribution is 2.39. The van der Waals surface area contributed by atoms with Crippen LogP contribution in [0.15, 0.2) is 72.8 Å². The molecule has 0 aliphatic carbocycles. The van der Waals surface area contributed by atoms with Crippen molar-refractivity contribution in [2.24, 2.45) is 0 Å². The molecule has 2 aromatic heterocycles. The lowest BCUT2D eigenvalue weighted by atomic mass is 10.1. The lowest BCUT2D eigenvalue weighted by Gasteiger charge is -2.13. The molecule has 2 heterocycles. The van der Waals surface area contributed by atoms with Crippen LogP contribution < -0.4 is 0 Å². The largest absolute Gasteiger partial charge is 0.478 e. The summed E-state index contributed by atoms with van der Waals surface area (Å²) in [6.45, 7) is 3.39. The van der Waals surface area contributed by atoms with Crippen molar-refractivity contribution in [3.8, 4) is 26.7 Å². The Morgan fingerprint density at radius 2 is 1.75 bits per heavy atom. The van der Waals surface area contributed by atoms with Gasteiger partial charge in [-0.2, -0.15) is 5.10 Å². The van der Waals surface area contributed by atoms with Gasteiger partial charge in [-0.25, -0.2) is 9.48 Å². The van der Waals surface area contributed by atoms with Crippen molar-refractivity contribution < 1.29 is 15.0 Å². The zero-order valence-corrected chi connectivity index (χ0v) is 19.1. The number of aliphatic carboxylic acids is 1. The second kappa shape index (κ2) is 8.74. The maximum absolute atomic E-state index is 11.0. The summed E-state index contributed by atoms with van der Waals surface area (Å²) in [5.41, 5.74) is 2.71. The van der Waals surface area contributed by atoms with Crippen molar-refractivity contribution in [1.82, 2.24) is 9.78 Å². The maximum Gasteiger partial charge on any atom is 0.328 e. The van der Waals surface area contributed by atoms with Gasteiger partial charge in [0.25, 0.3) is 0 Å². The maximum atomic E-state index is 11.0. The fourth-order valence-corrected chi connectivity index (χ4v) is 4.58. The summed E-state index contributed by atoms with van der Waals surface area (Å²) in [7, 11) is 0. The molecule has 0 spiro atoms. The van der Waals surface area contributed by atoms with Gasteiger partial charge in [-0.05, 0) is 61.4 Å². The summed E-state index contributed by atoms with van der Waals surface area (Å²) >= 11 is 8.01. The molecule has 2 aromatic carbocycles. The summed E-state index contributed by atoms with van der Waals surface area (Å²) in [5, 5.41) is 24.8. The normalized spacial score (nSPS) is 11.9. The Bertz CT molecular complexity index is 1310. The van der Waals surface area contributed by atoms with Gasteiger partial charge in [-0.3, -0.25) is 0 Å². The second-order valence-electron chi connectivity index (χ2n) is 7.76. The minimum atomic E-state index is -1.12. The van der Waals surface area contributed by atoms with Crippen LogP contribution in [0.25, 0.3) is 32.8 Å². The van der Waals surface area contributed by atoms with Gasteiger partial charge in [0.15, 0.2) is 0 Å². The SMILES string of the molecule is CC(C)(O)c1cc(-c2ccc(-c3ccccc3/C=C/C(=O)O)s2)n(-c2ccccc2Cl)n1. The Balaban J connectivity index is 1.83. The molecule has 32 heavy (non-hydrogen) atoms. The predicted octanol–water partition coefficient (Wildman–Crippen LogP) is 6.25. The van der Waals surface area contributed by atoms with Crippen LogP contribution in [-0.4, -0.2) is 26.0 Å². The molecule has 0 fully saturated rings. The van der Waals surface area contributed by atoms with E-state index in [1.54, 1.807) is 42.0 Å². The standard InChI is InChI=1S/C25H21ClN2O3S/c1-25(2,31)23-15-20(28(27-23)19-10-6-5-9-18(19)26)22-13-12-21(32-22)17-8-4-3-7-16(17)11-14-24(29)30/h3-15,31H,1-2H3,(H,29,30)/b14-11+. The van der Waals surface area contributed by atoms with Gasteiger partial charge in [-0.15, -0.1) is 11.3 Å². The molecule has 0 aliphatic heterocycles. The molecule has 0 aliphatic rings. The third-order valence-corrected chi connectivity index (χ3v) is 6.37. The first kappa shape index (κ1) is 22.0. The van der Waals surface area contributed by atoms with Crippen LogP contribution in [0, 0.1) is 0 Å². The molecule has 4 rings (SSSR count). The molecule has 0 bridgehead atoms. The third-order valence-electron chi connectivity index (χ3n) is 4.91. The number of carboxylic acid groups (broad SMARTS) is 1. The number of para-hydroxylation sites is 1. The Morgan fingerprint density at radius 1 is 1.06 bits per heavy atom. The van der Waals surface area contributed by atoms with Crippen LogP contribution in [0.2, 0.25) is 5.02 Å². The smallest absolute Gasteiger partial charge is 0.328 e. The van der Waals surface area contributed by atoms with Crippen molar-refractivity contribution in [2.75, 3.05) is 0 Å². The average molecular weight is 465 g/mol. The Hall–Kier alpha value is -3.19. The van der Waals surface area contributed by atoms with E-state index in [0.29, 0.717) is 10.7 Å². The van der Waals surface area contributed by atoms with Crippen LogP contribution in [0.3, 0.4) is 0 Å². The van der Waals surface area contributed by atoms with Crippen molar-refractivity contribution >= 4 is 35.0 Å². The van der Waals surface area contributed by atoms with Crippen LogP contribution in [0.5, 0.6) is 0 Å². The van der Waals surface area contributed by atoms with Gasteiger partial charge in [0.05, 0.1) is 27.0 Å². The quantitative estimate of drug-likeness (QED) is 0.331. The minimum absolute atomic E-state index is 0.534. The van der Waals surface area contributed by atoms with Gasteiger partial charge in [0.2, 0.25) is 0 Å². The van der Waals surface area contributed by atoms with E-state index in [-0.39, 0.29) is 0 Å². The summed E-state index contributed by atoms with van der Waals surface area (Å²) in [5.74, 6) is -0.991. The van der Waals surface area contributed by atoms with Crippen LogP contribution in [0.4, 0.5) is 0 Å². The lowest BCUT2D eigenvalue weighted by molar-refractivity contribution is -0.131. The van der Waals surface area contributed by atoms with Crippen molar-refractivity contribution in [3.63, 3.8) is 0 Å². The second-order valence-corrected chi connectivity index (χ2v) is 9.25. The molecule has 0 unspecified atom stereocenters. The van der Waals surface area contributed by atoms with E-state index < -0.39 is 11.6 Å². The van der Waals surface area contributed by atoms with Crippen LogP contribution in [0.1, 0.15) is 25.1 Å². The summed E-state index contributed by atoms with van der Waals surface area (Å²) < 4.78 is 1.75. The monoisotopic (exact) mass is 464 g/mol. The molecule has 0 saturated heterocycles. The fraction of sp³-hybridized carbons (Fsp3) is 0.120. The zero-order valence-electron chi connectivity index (χ0n) is 17.5. The van der Waals surface area contributed by atoms with Crippen molar-refractivity contribution in [1.29, 1.82) is 0 Å². The molecule has 2 N–H and O–H groups in total. The van der Waals surface area contributed by atoms with E-state index in [1.165, 1.54) is 0 Å². The number of carboxylic acids is 1. The molecule has 0 atom stereocenters. The first-order chi connectivity index (χ1) is 15.2. The Morgan fingerprint density at radius 3 is 2.47 bits per heavy atom. The van der Waals surface area contributed by atoms with Crippen LogP contribution in [-0.2, 0) is 10.4 Å². The number of halogens is 1. The predicted molar refractivity (Wildman–Crippen MR) is 129 cm³/mol. The number of thiophene rings is 1. The topological polar surface area (TPSA) is 75.3 Å². The molecular weight excluding hydrogens is 444 g/mol. The van der Waals surface area contributed by atoms with E-state index >= 15 is 0 Å². The number of hydrogen-bond donors (Lipinski definition) is 2. The number of benzene rings is 2. The highest BCUT2D eigenvalue weighted by atomic mass is 35.5. The summed E-state index contributed by atoms with van der Waals surface area (Å²) in [4.78, 5) is 12.9. The van der Waals surface area contributed by atoms with E-state index in [4.69, 9.17) is 16.7 Å². The first-order valence-corrected chi connectivity index (χ1v) is 11.1. The highest BCUT2D eigenvalue weighted by molar-refractivity contribution is 7.18. The number of rotatable bonds is 6. The van der Waals surface area contributed by atoms with Gasteiger partial charge in [0.1, 0.15) is 5.60 Å². The molecule has 162 valence electrons. The molecule has 4 aromatic rings. The fourth-order valence-electron chi connectivity index (χ4n) is 3.31. The zero-order chi connectivity index (χ0) is 22.9. The van der Waals surface area contributed by atoms with Gasteiger partial charge >= 0.3 is 5.97 Å². The Labute approximate surface area is 194 Å². The lowest BCUT2D eigenvalue weighted by Crippen LogP contribution is -2.16. The van der Waals surface area contributed by atoms with Crippen LogP contribution >= 0.6 is 22.9 Å². The van der Waals surface area contributed by atoms with E-state index in [9.17, 15) is 9.90 Å². The van der Waals surface area contributed by atoms with E-state index in [1.807, 2.05) is 60.7 Å². The minimum Gasteiger partial charge on any atom is -0.478 e. The summed E-state index contributed by atoms with van der Waals surface area (Å²) in [6, 6.07) is 20.9. The molecule has 0 radical (unpaired) electrons. The molecule has 5 nitrogen and oxygen atoms in total. The van der Waals surface area contributed by atoms with Gasteiger partial charge < -0.3 is 10.2 Å². The van der Waals surface area contributed by atoms with Crippen molar-refractivity contribution in [2.45, 2.75) is 19.4 Å². The first-order valence-electron chi connectivity index (χ1n) is 9.92. The van der Waals surface area contributed by atoms with Gasteiger partial charge in [0, 0.05) is 11.0 Å². The number of aromatic nitrogens is 2. The molecular formula is C25H21ClN2O3S. The highest BCUT2D eigenvalue weighted by Gasteiger charge is 2.24. The third kappa shape index (κ3) is 4.53. The number of carbonyl (C=O) groups is 1. The van der Waals surface area contributed by atoms with E-state index in [0.717, 1.165) is 38.3 Å². The van der Waals surface area contributed by atoms with Gasteiger partial charge in [-0.1, -0.05) is 48.0 Å². The summed E-state index contributed by atoms with van der Waals surface area (Å²) in [6.07, 6.45) is 2.73. The molecule has 0 amide bonds.